The maximum absolute atomic E-state index is 12.4. The molecule has 0 saturated heterocycles. The smallest absolute Gasteiger partial charge is 0.331 e. The lowest BCUT2D eigenvalue weighted by Gasteiger charge is -2.17. The van der Waals surface area contributed by atoms with Crippen LogP contribution in [0.25, 0.3) is 0 Å². The van der Waals surface area contributed by atoms with Crippen LogP contribution in [0.15, 0.2) is 47.0 Å². The van der Waals surface area contributed by atoms with E-state index in [0.717, 1.165) is 0 Å². The number of hydrogen-bond donors (Lipinski definition) is 2. The summed E-state index contributed by atoms with van der Waals surface area (Å²) in [6, 6.07) is 6.44. The Morgan fingerprint density at radius 3 is 2.24 bits per heavy atom. The SMILES string of the molecule is BC1=C(/C=C(\CCO)C(=O)O)C(=O)c2ccccc2C1=O. The first kappa shape index (κ1) is 14.9. The molecule has 0 fully saturated rings. The fraction of sp³-hybridized carbons (Fsp3) is 0.133. The highest BCUT2D eigenvalue weighted by atomic mass is 16.4. The maximum Gasteiger partial charge on any atom is 0.331 e. The molecule has 0 atom stereocenters. The lowest BCUT2D eigenvalue weighted by atomic mass is 9.75. The van der Waals surface area contributed by atoms with Gasteiger partial charge in [-0.2, -0.15) is 0 Å². The molecule has 1 aromatic rings. The van der Waals surface area contributed by atoms with Crippen LogP contribution >= 0.6 is 0 Å². The molecule has 1 aromatic carbocycles. The van der Waals surface area contributed by atoms with Gasteiger partial charge in [-0.15, -0.1) is 0 Å². The van der Waals surface area contributed by atoms with Gasteiger partial charge in [-0.3, -0.25) is 9.59 Å². The molecule has 1 aliphatic carbocycles. The van der Waals surface area contributed by atoms with E-state index in [9.17, 15) is 14.4 Å². The van der Waals surface area contributed by atoms with Crippen molar-refractivity contribution in [3.63, 3.8) is 0 Å². The van der Waals surface area contributed by atoms with Gasteiger partial charge >= 0.3 is 5.97 Å². The number of allylic oxidation sites excluding steroid dienone is 3. The average molecular weight is 284 g/mol. The number of aliphatic hydroxyl groups is 1. The first-order chi connectivity index (χ1) is 9.97. The molecule has 0 aromatic heterocycles. The Balaban J connectivity index is 2.57. The van der Waals surface area contributed by atoms with Gasteiger partial charge in [0.1, 0.15) is 7.85 Å². The van der Waals surface area contributed by atoms with Gasteiger partial charge in [-0.05, 0) is 11.5 Å². The van der Waals surface area contributed by atoms with Gasteiger partial charge in [0.05, 0.1) is 0 Å². The van der Waals surface area contributed by atoms with Crippen LogP contribution < -0.4 is 0 Å². The van der Waals surface area contributed by atoms with E-state index in [4.69, 9.17) is 10.2 Å². The normalized spacial score (nSPS) is 15.2. The summed E-state index contributed by atoms with van der Waals surface area (Å²) in [6.07, 6.45) is 1.10. The Kier molecular flexibility index (Phi) is 4.19. The van der Waals surface area contributed by atoms with Gasteiger partial charge in [0.25, 0.3) is 0 Å². The van der Waals surface area contributed by atoms with E-state index in [0.29, 0.717) is 5.56 Å². The van der Waals surface area contributed by atoms with Crippen LogP contribution in [0.4, 0.5) is 0 Å². The third-order valence-electron chi connectivity index (χ3n) is 3.38. The summed E-state index contributed by atoms with van der Waals surface area (Å²) in [6.45, 7) is -0.344. The van der Waals surface area contributed by atoms with Crippen LogP contribution in [0, 0.1) is 0 Å². The van der Waals surface area contributed by atoms with E-state index in [2.05, 4.69) is 0 Å². The second kappa shape index (κ2) is 5.89. The zero-order valence-corrected chi connectivity index (χ0v) is 11.4. The average Bonchev–Trinajstić information content (AvgIpc) is 2.48. The highest BCUT2D eigenvalue weighted by molar-refractivity contribution is 6.46. The molecule has 0 spiro atoms. The summed E-state index contributed by atoms with van der Waals surface area (Å²) in [5, 5.41) is 18.0. The zero-order valence-electron chi connectivity index (χ0n) is 11.4. The minimum atomic E-state index is -1.22. The number of fused-ring (bicyclic) bond motifs is 1. The quantitative estimate of drug-likeness (QED) is 0.614. The molecule has 2 N–H and O–H groups in total. The summed E-state index contributed by atoms with van der Waals surface area (Å²) in [5.41, 5.74) is 0.789. The fourth-order valence-corrected chi connectivity index (χ4v) is 2.23. The number of benzene rings is 1. The van der Waals surface area contributed by atoms with Crippen molar-refractivity contribution in [1.82, 2.24) is 0 Å². The molecule has 1 aliphatic rings. The van der Waals surface area contributed by atoms with Crippen molar-refractivity contribution < 1.29 is 24.6 Å². The summed E-state index contributed by atoms with van der Waals surface area (Å²) < 4.78 is 0. The van der Waals surface area contributed by atoms with E-state index >= 15 is 0 Å². The molecule has 21 heavy (non-hydrogen) atoms. The van der Waals surface area contributed by atoms with E-state index in [1.807, 2.05) is 0 Å². The Hall–Kier alpha value is -2.47. The van der Waals surface area contributed by atoms with Crippen LogP contribution in [-0.2, 0) is 4.79 Å². The fourth-order valence-electron chi connectivity index (χ4n) is 2.23. The Morgan fingerprint density at radius 2 is 1.71 bits per heavy atom. The minimum Gasteiger partial charge on any atom is -0.478 e. The van der Waals surface area contributed by atoms with Crippen LogP contribution in [0.1, 0.15) is 27.1 Å². The standard InChI is InChI=1S/C15H13BO5/c16-12-11(7-8(5-6-17)15(20)21)13(18)9-3-1-2-4-10(9)14(12)19/h1-4,7,17H,5-6,16H2,(H,20,21)/b8-7+. The van der Waals surface area contributed by atoms with Crippen LogP contribution in [-0.4, -0.2) is 42.2 Å². The number of carbonyl (C=O) groups is 3. The van der Waals surface area contributed by atoms with Gasteiger partial charge in [-0.1, -0.05) is 24.3 Å². The summed E-state index contributed by atoms with van der Waals surface area (Å²) in [4.78, 5) is 35.8. The molecule has 0 saturated carbocycles. The number of ketones is 2. The number of aliphatic hydroxyl groups excluding tert-OH is 1. The molecule has 0 heterocycles. The topological polar surface area (TPSA) is 91.7 Å². The number of aliphatic carboxylic acids is 1. The monoisotopic (exact) mass is 284 g/mol. The Bertz CT molecular complexity index is 700. The van der Waals surface area contributed by atoms with Crippen molar-refractivity contribution in [1.29, 1.82) is 0 Å². The first-order valence-corrected chi connectivity index (χ1v) is 6.41. The van der Waals surface area contributed by atoms with Crippen LogP contribution in [0.5, 0.6) is 0 Å². The van der Waals surface area contributed by atoms with Gasteiger partial charge in [0.15, 0.2) is 11.6 Å². The molecular formula is C15H13BO5. The third kappa shape index (κ3) is 2.71. The number of carboxylic acid groups (broad SMARTS) is 1. The van der Waals surface area contributed by atoms with E-state index in [-0.39, 0.29) is 46.8 Å². The number of carbonyl (C=O) groups excluding carboxylic acids is 2. The molecule has 6 heteroatoms. The first-order valence-electron chi connectivity index (χ1n) is 6.41. The number of carboxylic acids is 1. The van der Waals surface area contributed by atoms with E-state index in [1.165, 1.54) is 13.9 Å². The lowest BCUT2D eigenvalue weighted by molar-refractivity contribution is -0.132. The van der Waals surface area contributed by atoms with Crippen molar-refractivity contribution in [2.75, 3.05) is 6.61 Å². The van der Waals surface area contributed by atoms with Gasteiger partial charge < -0.3 is 10.2 Å². The predicted octanol–water partition coefficient (Wildman–Crippen LogP) is 0.346. The van der Waals surface area contributed by atoms with Gasteiger partial charge in [-0.25, -0.2) is 4.79 Å². The molecule has 0 radical (unpaired) electrons. The van der Waals surface area contributed by atoms with Crippen molar-refractivity contribution in [2.24, 2.45) is 0 Å². The number of Topliss-reactive ketones (excluding diaryl/α,β-unsaturated/α-hetero) is 2. The largest absolute Gasteiger partial charge is 0.478 e. The predicted molar refractivity (Wildman–Crippen MR) is 78.1 cm³/mol. The van der Waals surface area contributed by atoms with Crippen molar-refractivity contribution in [3.05, 3.63) is 58.1 Å². The molecule has 106 valence electrons. The second-order valence-corrected chi connectivity index (χ2v) is 4.69. The molecule has 0 bridgehead atoms. The molecule has 5 nitrogen and oxygen atoms in total. The second-order valence-electron chi connectivity index (χ2n) is 4.69. The molecule has 2 rings (SSSR count). The Morgan fingerprint density at radius 1 is 1.14 bits per heavy atom. The van der Waals surface area contributed by atoms with E-state index in [1.54, 1.807) is 24.3 Å². The number of hydrogen-bond acceptors (Lipinski definition) is 4. The zero-order chi connectivity index (χ0) is 15.6. The van der Waals surface area contributed by atoms with Crippen molar-refractivity contribution in [3.8, 4) is 0 Å². The highest BCUT2D eigenvalue weighted by Gasteiger charge is 2.28. The van der Waals surface area contributed by atoms with Gasteiger partial charge in [0.2, 0.25) is 0 Å². The minimum absolute atomic E-state index is 0.0737. The molecule has 0 unspecified atom stereocenters. The summed E-state index contributed by atoms with van der Waals surface area (Å²) in [5.74, 6) is -1.88. The molecule has 0 amide bonds. The van der Waals surface area contributed by atoms with Gasteiger partial charge in [0, 0.05) is 35.3 Å². The molecule has 0 aliphatic heterocycles. The highest BCUT2D eigenvalue weighted by Crippen LogP contribution is 2.26. The Labute approximate surface area is 122 Å². The van der Waals surface area contributed by atoms with Crippen molar-refractivity contribution >= 4 is 25.4 Å². The third-order valence-corrected chi connectivity index (χ3v) is 3.38. The lowest BCUT2D eigenvalue weighted by Crippen LogP contribution is -2.22. The number of rotatable bonds is 4. The summed E-state index contributed by atoms with van der Waals surface area (Å²) >= 11 is 0. The maximum atomic E-state index is 12.4. The summed E-state index contributed by atoms with van der Waals surface area (Å²) in [7, 11) is 1.50. The van der Waals surface area contributed by atoms with E-state index < -0.39 is 5.97 Å². The van der Waals surface area contributed by atoms with Crippen LogP contribution in [0.3, 0.4) is 0 Å². The van der Waals surface area contributed by atoms with Crippen LogP contribution in [0.2, 0.25) is 0 Å². The van der Waals surface area contributed by atoms with Crippen molar-refractivity contribution in [2.45, 2.75) is 6.42 Å². The molecular weight excluding hydrogens is 271 g/mol.